The molecule has 2 unspecified atom stereocenters. The summed E-state index contributed by atoms with van der Waals surface area (Å²) in [7, 11) is 0. The summed E-state index contributed by atoms with van der Waals surface area (Å²) < 4.78 is 4.12. The van der Waals surface area contributed by atoms with Crippen molar-refractivity contribution in [3.63, 3.8) is 0 Å². The Balaban J connectivity index is 1.99. The zero-order valence-corrected chi connectivity index (χ0v) is 9.82. The van der Waals surface area contributed by atoms with Crippen LogP contribution in [0, 0.1) is 5.92 Å². The highest BCUT2D eigenvalue weighted by atomic mass is 32.2. The van der Waals surface area contributed by atoms with Crippen molar-refractivity contribution in [2.24, 2.45) is 11.7 Å². The summed E-state index contributed by atoms with van der Waals surface area (Å²) >= 11 is 3.62. The third-order valence-electron chi connectivity index (χ3n) is 2.79. The minimum atomic E-state index is 0.223. The number of aromatic nitrogens is 1. The second-order valence-corrected chi connectivity index (χ2v) is 5.83. The van der Waals surface area contributed by atoms with Gasteiger partial charge in [0.15, 0.2) is 0 Å². The molecule has 0 aromatic carbocycles. The van der Waals surface area contributed by atoms with Crippen LogP contribution in [-0.2, 0) is 0 Å². The van der Waals surface area contributed by atoms with Crippen LogP contribution in [0.3, 0.4) is 0 Å². The van der Waals surface area contributed by atoms with Crippen molar-refractivity contribution in [1.82, 2.24) is 4.37 Å². The number of rotatable bonds is 2. The van der Waals surface area contributed by atoms with E-state index in [0.29, 0.717) is 5.92 Å². The molecule has 1 aliphatic heterocycles. The van der Waals surface area contributed by atoms with Crippen LogP contribution in [0.1, 0.15) is 30.2 Å². The summed E-state index contributed by atoms with van der Waals surface area (Å²) in [6.45, 7) is 0. The lowest BCUT2D eigenvalue weighted by atomic mass is 9.92. The van der Waals surface area contributed by atoms with Gasteiger partial charge in [-0.25, -0.2) is 4.37 Å². The molecule has 2 nitrogen and oxygen atoms in total. The van der Waals surface area contributed by atoms with Gasteiger partial charge in [0.25, 0.3) is 0 Å². The summed E-state index contributed by atoms with van der Waals surface area (Å²) in [6, 6.07) is 2.29. The van der Waals surface area contributed by atoms with Gasteiger partial charge in [-0.05, 0) is 54.3 Å². The maximum absolute atomic E-state index is 6.24. The van der Waals surface area contributed by atoms with Gasteiger partial charge in [-0.3, -0.25) is 0 Å². The highest BCUT2D eigenvalue weighted by Crippen LogP contribution is 2.32. The quantitative estimate of drug-likeness (QED) is 0.846. The van der Waals surface area contributed by atoms with E-state index in [1.54, 1.807) is 11.5 Å². The predicted molar refractivity (Wildman–Crippen MR) is 63.7 cm³/mol. The van der Waals surface area contributed by atoms with Crippen LogP contribution in [0.15, 0.2) is 12.3 Å². The summed E-state index contributed by atoms with van der Waals surface area (Å²) in [5.74, 6) is 3.26. The van der Waals surface area contributed by atoms with Crippen molar-refractivity contribution in [3.05, 3.63) is 17.1 Å². The molecular formula is C10H16N2S2. The maximum Gasteiger partial charge on any atom is 0.0434 e. The van der Waals surface area contributed by atoms with Crippen molar-refractivity contribution in [3.8, 4) is 0 Å². The lowest BCUT2D eigenvalue weighted by molar-refractivity contribution is 0.399. The number of nitrogens with zero attached hydrogens (tertiary/aromatic N) is 1. The Bertz CT molecular complexity index is 253. The molecule has 0 amide bonds. The van der Waals surface area contributed by atoms with Crippen LogP contribution >= 0.6 is 23.3 Å². The van der Waals surface area contributed by atoms with Gasteiger partial charge < -0.3 is 5.73 Å². The van der Waals surface area contributed by atoms with Crippen molar-refractivity contribution < 1.29 is 0 Å². The fraction of sp³-hybridized carbons (Fsp3) is 0.700. The standard InChI is InChI=1S/C10H16N2S2/c11-10(9-3-5-12-14-9)8-2-1-6-13-7-4-8/h3,5,8,10H,1-2,4,6-7,11H2. The first-order valence-electron chi connectivity index (χ1n) is 5.12. The Morgan fingerprint density at radius 1 is 1.43 bits per heavy atom. The minimum Gasteiger partial charge on any atom is -0.323 e. The molecule has 1 fully saturated rings. The van der Waals surface area contributed by atoms with Crippen molar-refractivity contribution in [2.45, 2.75) is 25.3 Å². The molecular weight excluding hydrogens is 212 g/mol. The van der Waals surface area contributed by atoms with Gasteiger partial charge in [0.2, 0.25) is 0 Å². The molecule has 1 aromatic rings. The van der Waals surface area contributed by atoms with E-state index in [-0.39, 0.29) is 6.04 Å². The third kappa shape index (κ3) is 2.49. The molecule has 2 rings (SSSR count). The lowest BCUT2D eigenvalue weighted by Crippen LogP contribution is -2.20. The maximum atomic E-state index is 6.24. The number of nitrogens with two attached hydrogens (primary N) is 1. The van der Waals surface area contributed by atoms with Gasteiger partial charge in [0.1, 0.15) is 0 Å². The van der Waals surface area contributed by atoms with Gasteiger partial charge in [-0.1, -0.05) is 0 Å². The molecule has 1 saturated heterocycles. The fourth-order valence-corrected chi connectivity index (χ4v) is 3.64. The van der Waals surface area contributed by atoms with Crippen molar-refractivity contribution >= 4 is 23.3 Å². The molecule has 2 atom stereocenters. The zero-order valence-electron chi connectivity index (χ0n) is 8.19. The summed E-state index contributed by atoms with van der Waals surface area (Å²) in [4.78, 5) is 1.25. The molecule has 2 N–H and O–H groups in total. The smallest absolute Gasteiger partial charge is 0.0434 e. The first-order chi connectivity index (χ1) is 6.88. The van der Waals surface area contributed by atoms with E-state index in [1.165, 1.54) is 35.6 Å². The van der Waals surface area contributed by atoms with Gasteiger partial charge in [0.05, 0.1) is 0 Å². The van der Waals surface area contributed by atoms with E-state index in [4.69, 9.17) is 5.73 Å². The summed E-state index contributed by atoms with van der Waals surface area (Å²) in [6.07, 6.45) is 5.73. The van der Waals surface area contributed by atoms with Crippen molar-refractivity contribution in [2.75, 3.05) is 11.5 Å². The van der Waals surface area contributed by atoms with Crippen LogP contribution in [0.2, 0.25) is 0 Å². The Morgan fingerprint density at radius 2 is 2.36 bits per heavy atom. The number of thioether (sulfide) groups is 1. The van der Waals surface area contributed by atoms with Crippen LogP contribution in [0.4, 0.5) is 0 Å². The Labute approximate surface area is 93.4 Å². The molecule has 4 heteroatoms. The zero-order chi connectivity index (χ0) is 9.80. The van der Waals surface area contributed by atoms with Crippen LogP contribution < -0.4 is 5.73 Å². The second-order valence-electron chi connectivity index (χ2n) is 3.74. The summed E-state index contributed by atoms with van der Waals surface area (Å²) in [5, 5.41) is 0. The van der Waals surface area contributed by atoms with Crippen LogP contribution in [-0.4, -0.2) is 15.9 Å². The minimum absolute atomic E-state index is 0.223. The van der Waals surface area contributed by atoms with Crippen LogP contribution in [0.5, 0.6) is 0 Å². The molecule has 0 saturated carbocycles. The topological polar surface area (TPSA) is 38.9 Å². The molecule has 78 valence electrons. The molecule has 1 aliphatic rings. The largest absolute Gasteiger partial charge is 0.323 e. The second kappa shape index (κ2) is 5.14. The Morgan fingerprint density at radius 3 is 3.14 bits per heavy atom. The van der Waals surface area contributed by atoms with Gasteiger partial charge in [-0.2, -0.15) is 11.8 Å². The SMILES string of the molecule is NC(c1ccns1)C1CCCSCC1. The average molecular weight is 228 g/mol. The van der Waals surface area contributed by atoms with E-state index in [2.05, 4.69) is 22.2 Å². The van der Waals surface area contributed by atoms with E-state index in [0.717, 1.165) is 0 Å². The summed E-state index contributed by atoms with van der Waals surface area (Å²) in [5.41, 5.74) is 6.24. The predicted octanol–water partition coefficient (Wildman–Crippen LogP) is 2.68. The first-order valence-corrected chi connectivity index (χ1v) is 7.04. The fourth-order valence-electron chi connectivity index (χ4n) is 1.92. The molecule has 0 bridgehead atoms. The normalized spacial score (nSPS) is 25.6. The van der Waals surface area contributed by atoms with Gasteiger partial charge in [0, 0.05) is 17.1 Å². The molecule has 0 spiro atoms. The number of hydrogen-bond acceptors (Lipinski definition) is 4. The van der Waals surface area contributed by atoms with E-state index < -0.39 is 0 Å². The molecule has 14 heavy (non-hydrogen) atoms. The van der Waals surface area contributed by atoms with E-state index in [9.17, 15) is 0 Å². The van der Waals surface area contributed by atoms with Gasteiger partial charge >= 0.3 is 0 Å². The number of hydrogen-bond donors (Lipinski definition) is 1. The van der Waals surface area contributed by atoms with E-state index >= 15 is 0 Å². The van der Waals surface area contributed by atoms with Crippen molar-refractivity contribution in [1.29, 1.82) is 0 Å². The lowest BCUT2D eigenvalue weighted by Gasteiger charge is -2.20. The first kappa shape index (κ1) is 10.5. The van der Waals surface area contributed by atoms with E-state index in [1.807, 2.05) is 6.20 Å². The molecule has 2 heterocycles. The molecule has 0 radical (unpaired) electrons. The Hall–Kier alpha value is -0.0600. The highest BCUT2D eigenvalue weighted by Gasteiger charge is 2.21. The average Bonchev–Trinajstić information content (AvgIpc) is 2.59. The van der Waals surface area contributed by atoms with Gasteiger partial charge in [-0.15, -0.1) is 0 Å². The Kier molecular flexibility index (Phi) is 3.84. The highest BCUT2D eigenvalue weighted by molar-refractivity contribution is 7.99. The molecule has 0 aliphatic carbocycles. The monoisotopic (exact) mass is 228 g/mol. The molecule has 1 aromatic heterocycles. The van der Waals surface area contributed by atoms with Crippen LogP contribution in [0.25, 0.3) is 0 Å². The third-order valence-corrected chi connectivity index (χ3v) is 4.74.